The van der Waals surface area contributed by atoms with E-state index in [4.69, 9.17) is 13.6 Å². The Kier molecular flexibility index (Phi) is 5.13. The first-order valence-corrected chi connectivity index (χ1v) is 9.42. The third-order valence-electron chi connectivity index (χ3n) is 5.12. The second-order valence-electron chi connectivity index (χ2n) is 7.39. The molecule has 2 aliphatic rings. The second kappa shape index (κ2) is 7.70. The number of furan rings is 2. The maximum absolute atomic E-state index is 13.1. The lowest BCUT2D eigenvalue weighted by Crippen LogP contribution is -2.48. The van der Waals surface area contributed by atoms with Gasteiger partial charge in [0.25, 0.3) is 5.91 Å². The molecule has 2 aromatic rings. The van der Waals surface area contributed by atoms with E-state index in [0.29, 0.717) is 31.3 Å². The minimum atomic E-state index is -0.241. The van der Waals surface area contributed by atoms with Crippen LogP contribution >= 0.6 is 0 Å². The van der Waals surface area contributed by atoms with E-state index < -0.39 is 0 Å². The summed E-state index contributed by atoms with van der Waals surface area (Å²) in [5, 5.41) is 6.13. The molecule has 0 aromatic carbocycles. The number of carbonyl (C=O) groups is 1. The molecule has 0 radical (unpaired) electrons. The van der Waals surface area contributed by atoms with Crippen LogP contribution in [-0.2, 0) is 9.53 Å². The molecular weight excluding hydrogens is 346 g/mol. The average molecular weight is 371 g/mol. The summed E-state index contributed by atoms with van der Waals surface area (Å²) in [5.41, 5.74) is 0.761. The van der Waals surface area contributed by atoms with Gasteiger partial charge in [-0.1, -0.05) is 13.8 Å². The standard InChI is InChI=1S/C20H25N3O4/c1-14(2)19-12-22(7-10-27-19)13-20(24)23-16(18-6-4-9-26-18)11-15(21-23)17-5-3-8-25-17/h3-6,8-9,14,16,19H,7,10-13H2,1-2H3/t16-,19+/m1/s1. The molecule has 2 aromatic heterocycles. The van der Waals surface area contributed by atoms with Gasteiger partial charge in [0.2, 0.25) is 0 Å². The molecule has 7 nitrogen and oxygen atoms in total. The summed E-state index contributed by atoms with van der Waals surface area (Å²) in [5.74, 6) is 1.81. The van der Waals surface area contributed by atoms with E-state index in [1.165, 1.54) is 0 Å². The Hall–Kier alpha value is -2.38. The lowest BCUT2D eigenvalue weighted by molar-refractivity contribution is -0.137. The Balaban J connectivity index is 1.50. The highest BCUT2D eigenvalue weighted by Crippen LogP contribution is 2.33. The smallest absolute Gasteiger partial charge is 0.257 e. The van der Waals surface area contributed by atoms with E-state index >= 15 is 0 Å². The monoisotopic (exact) mass is 371 g/mol. The Labute approximate surface area is 158 Å². The van der Waals surface area contributed by atoms with Crippen LogP contribution < -0.4 is 0 Å². The number of amides is 1. The van der Waals surface area contributed by atoms with Crippen molar-refractivity contribution in [2.75, 3.05) is 26.2 Å². The fourth-order valence-electron chi connectivity index (χ4n) is 3.58. The van der Waals surface area contributed by atoms with E-state index in [2.05, 4.69) is 23.8 Å². The molecule has 0 unspecified atom stereocenters. The van der Waals surface area contributed by atoms with Crippen LogP contribution in [0.25, 0.3) is 0 Å². The largest absolute Gasteiger partial charge is 0.467 e. The summed E-state index contributed by atoms with van der Waals surface area (Å²) in [6.45, 7) is 6.77. The van der Waals surface area contributed by atoms with Gasteiger partial charge in [-0.05, 0) is 30.2 Å². The Morgan fingerprint density at radius 3 is 2.78 bits per heavy atom. The summed E-state index contributed by atoms with van der Waals surface area (Å²) in [6, 6.07) is 7.16. The Morgan fingerprint density at radius 2 is 2.07 bits per heavy atom. The zero-order valence-electron chi connectivity index (χ0n) is 15.7. The van der Waals surface area contributed by atoms with Gasteiger partial charge in [-0.2, -0.15) is 5.10 Å². The second-order valence-corrected chi connectivity index (χ2v) is 7.39. The van der Waals surface area contributed by atoms with Crippen molar-refractivity contribution in [3.8, 4) is 0 Å². The van der Waals surface area contributed by atoms with Crippen LogP contribution in [0.4, 0.5) is 0 Å². The number of hydrogen-bond acceptors (Lipinski definition) is 6. The van der Waals surface area contributed by atoms with Crippen LogP contribution in [0.5, 0.6) is 0 Å². The summed E-state index contributed by atoms with van der Waals surface area (Å²) >= 11 is 0. The van der Waals surface area contributed by atoms with Crippen LogP contribution in [0.2, 0.25) is 0 Å². The van der Waals surface area contributed by atoms with Crippen molar-refractivity contribution in [1.29, 1.82) is 0 Å². The topological polar surface area (TPSA) is 71.4 Å². The fourth-order valence-corrected chi connectivity index (χ4v) is 3.58. The highest BCUT2D eigenvalue weighted by atomic mass is 16.5. The van der Waals surface area contributed by atoms with Gasteiger partial charge in [-0.3, -0.25) is 9.69 Å². The SMILES string of the molecule is CC(C)[C@@H]1CN(CC(=O)N2N=C(c3ccco3)C[C@@H]2c2ccco2)CCO1. The number of carbonyl (C=O) groups excluding carboxylic acids is 1. The van der Waals surface area contributed by atoms with Crippen molar-refractivity contribution in [2.24, 2.45) is 11.0 Å². The molecule has 0 bridgehead atoms. The van der Waals surface area contributed by atoms with Gasteiger partial charge in [0.1, 0.15) is 23.3 Å². The number of hydrazone groups is 1. The van der Waals surface area contributed by atoms with E-state index in [0.717, 1.165) is 24.6 Å². The fraction of sp³-hybridized carbons (Fsp3) is 0.500. The van der Waals surface area contributed by atoms with Crippen LogP contribution in [0.1, 0.15) is 37.8 Å². The van der Waals surface area contributed by atoms with Crippen molar-refractivity contribution >= 4 is 11.6 Å². The van der Waals surface area contributed by atoms with Crippen LogP contribution in [0.3, 0.4) is 0 Å². The maximum atomic E-state index is 13.1. The molecule has 2 atom stereocenters. The summed E-state index contributed by atoms with van der Waals surface area (Å²) in [6.07, 6.45) is 3.97. The molecule has 4 rings (SSSR count). The van der Waals surface area contributed by atoms with Gasteiger partial charge < -0.3 is 13.6 Å². The van der Waals surface area contributed by atoms with Crippen molar-refractivity contribution in [3.05, 3.63) is 48.3 Å². The predicted molar refractivity (Wildman–Crippen MR) is 99.2 cm³/mol. The molecule has 1 fully saturated rings. The number of nitrogens with zero attached hydrogens (tertiary/aromatic N) is 3. The predicted octanol–water partition coefficient (Wildman–Crippen LogP) is 2.91. The first-order chi connectivity index (χ1) is 13.1. The van der Waals surface area contributed by atoms with E-state index in [-0.39, 0.29) is 18.1 Å². The molecule has 0 aliphatic carbocycles. The van der Waals surface area contributed by atoms with Crippen LogP contribution in [0, 0.1) is 5.92 Å². The minimum Gasteiger partial charge on any atom is -0.467 e. The van der Waals surface area contributed by atoms with Gasteiger partial charge in [0.05, 0.1) is 31.8 Å². The molecule has 1 saturated heterocycles. The first-order valence-electron chi connectivity index (χ1n) is 9.42. The lowest BCUT2D eigenvalue weighted by Gasteiger charge is -2.35. The molecule has 0 saturated carbocycles. The van der Waals surface area contributed by atoms with Gasteiger partial charge in [-0.15, -0.1) is 0 Å². The molecule has 1 amide bonds. The van der Waals surface area contributed by atoms with Crippen molar-refractivity contribution in [2.45, 2.75) is 32.4 Å². The number of rotatable bonds is 5. The van der Waals surface area contributed by atoms with E-state index in [1.807, 2.05) is 24.3 Å². The summed E-state index contributed by atoms with van der Waals surface area (Å²) < 4.78 is 16.8. The maximum Gasteiger partial charge on any atom is 0.257 e. The molecule has 4 heterocycles. The zero-order valence-corrected chi connectivity index (χ0v) is 15.7. The third kappa shape index (κ3) is 3.84. The number of ether oxygens (including phenoxy) is 1. The molecule has 0 spiro atoms. The number of hydrogen-bond donors (Lipinski definition) is 0. The van der Waals surface area contributed by atoms with Gasteiger partial charge in [0.15, 0.2) is 0 Å². The molecule has 7 heteroatoms. The van der Waals surface area contributed by atoms with Gasteiger partial charge in [-0.25, -0.2) is 5.01 Å². The molecule has 0 N–H and O–H groups in total. The quantitative estimate of drug-likeness (QED) is 0.808. The number of morpholine rings is 1. The van der Waals surface area contributed by atoms with Gasteiger partial charge >= 0.3 is 0 Å². The lowest BCUT2D eigenvalue weighted by atomic mass is 10.1. The van der Waals surface area contributed by atoms with E-state index in [9.17, 15) is 4.79 Å². The first kappa shape index (κ1) is 18.0. The minimum absolute atomic E-state index is 0.0395. The van der Waals surface area contributed by atoms with E-state index in [1.54, 1.807) is 17.5 Å². The Morgan fingerprint density at radius 1 is 1.26 bits per heavy atom. The highest BCUT2D eigenvalue weighted by molar-refractivity contribution is 6.01. The molecular formula is C20H25N3O4. The zero-order chi connectivity index (χ0) is 18.8. The summed E-state index contributed by atoms with van der Waals surface area (Å²) in [7, 11) is 0. The van der Waals surface area contributed by atoms with Gasteiger partial charge in [0, 0.05) is 19.5 Å². The molecule has 27 heavy (non-hydrogen) atoms. The molecule has 2 aliphatic heterocycles. The normalized spacial score (nSPS) is 23.8. The van der Waals surface area contributed by atoms with Crippen LogP contribution in [-0.4, -0.2) is 53.9 Å². The van der Waals surface area contributed by atoms with Crippen molar-refractivity contribution < 1.29 is 18.4 Å². The Bertz CT molecular complexity index is 782. The highest BCUT2D eigenvalue weighted by Gasteiger charge is 2.36. The van der Waals surface area contributed by atoms with Crippen molar-refractivity contribution in [1.82, 2.24) is 9.91 Å². The third-order valence-corrected chi connectivity index (χ3v) is 5.12. The van der Waals surface area contributed by atoms with Crippen LogP contribution in [0.15, 0.2) is 50.7 Å². The van der Waals surface area contributed by atoms with Crippen molar-refractivity contribution in [3.63, 3.8) is 0 Å². The summed E-state index contributed by atoms with van der Waals surface area (Å²) in [4.78, 5) is 15.2. The molecule has 144 valence electrons. The average Bonchev–Trinajstić information content (AvgIpc) is 3.41.